The zero-order chi connectivity index (χ0) is 24.9. The maximum atomic E-state index is 13.7. The summed E-state index contributed by atoms with van der Waals surface area (Å²) < 4.78 is 26.7. The van der Waals surface area contributed by atoms with E-state index in [1.807, 2.05) is 0 Å². The average Bonchev–Trinajstić information content (AvgIpc) is 2.86. The lowest BCUT2D eigenvalue weighted by Crippen LogP contribution is -2.47. The van der Waals surface area contributed by atoms with Crippen LogP contribution in [0.5, 0.6) is 0 Å². The SMILES string of the molecule is O=C(Nc1ccc(-c2ccc(C(=O)N3CCCC[C@H]3C(=O)O)cc2)cc1)Nc1ccc(F)cc1F. The van der Waals surface area contributed by atoms with Crippen molar-refractivity contribution in [2.24, 2.45) is 0 Å². The topological polar surface area (TPSA) is 98.7 Å². The number of carboxylic acid groups (broad SMARTS) is 1. The van der Waals surface area contributed by atoms with Crippen LogP contribution in [0.2, 0.25) is 0 Å². The molecule has 0 saturated carbocycles. The van der Waals surface area contributed by atoms with Crippen molar-refractivity contribution in [3.8, 4) is 11.1 Å². The van der Waals surface area contributed by atoms with Crippen LogP contribution in [0.25, 0.3) is 11.1 Å². The molecule has 7 nitrogen and oxygen atoms in total. The van der Waals surface area contributed by atoms with Gasteiger partial charge in [0, 0.05) is 23.9 Å². The number of aliphatic carboxylic acids is 1. The van der Waals surface area contributed by atoms with Crippen molar-refractivity contribution in [3.05, 3.63) is 83.9 Å². The van der Waals surface area contributed by atoms with Crippen LogP contribution in [0.15, 0.2) is 66.7 Å². The highest BCUT2D eigenvalue weighted by molar-refractivity contribution is 6.00. The molecule has 0 aliphatic carbocycles. The lowest BCUT2D eigenvalue weighted by molar-refractivity contribution is -0.143. The van der Waals surface area contributed by atoms with Crippen molar-refractivity contribution in [2.75, 3.05) is 17.2 Å². The van der Waals surface area contributed by atoms with E-state index in [2.05, 4.69) is 10.6 Å². The van der Waals surface area contributed by atoms with Gasteiger partial charge in [0.1, 0.15) is 17.7 Å². The molecule has 3 aromatic carbocycles. The minimum absolute atomic E-state index is 0.144. The van der Waals surface area contributed by atoms with Gasteiger partial charge >= 0.3 is 12.0 Å². The van der Waals surface area contributed by atoms with Gasteiger partial charge in [0.05, 0.1) is 5.69 Å². The van der Waals surface area contributed by atoms with Crippen LogP contribution < -0.4 is 10.6 Å². The zero-order valence-corrected chi connectivity index (χ0v) is 18.6. The number of carbonyl (C=O) groups excluding carboxylic acids is 2. The molecule has 3 aromatic rings. The maximum absolute atomic E-state index is 13.7. The molecule has 4 rings (SSSR count). The van der Waals surface area contributed by atoms with E-state index in [1.165, 1.54) is 4.90 Å². The second kappa shape index (κ2) is 10.3. The molecule has 0 aromatic heterocycles. The number of nitrogens with one attached hydrogen (secondary N) is 2. The van der Waals surface area contributed by atoms with E-state index in [0.29, 0.717) is 30.3 Å². The summed E-state index contributed by atoms with van der Waals surface area (Å²) in [5.41, 5.74) is 2.41. The molecule has 1 atom stereocenters. The number of anilines is 2. The normalized spacial score (nSPS) is 15.4. The Kier molecular flexibility index (Phi) is 7.05. The molecule has 0 spiro atoms. The number of urea groups is 1. The summed E-state index contributed by atoms with van der Waals surface area (Å²) in [5, 5.41) is 14.3. The molecule has 35 heavy (non-hydrogen) atoms. The Morgan fingerprint density at radius 3 is 2.14 bits per heavy atom. The predicted octanol–water partition coefficient (Wildman–Crippen LogP) is 5.36. The fraction of sp³-hybridized carbons (Fsp3) is 0.192. The number of rotatable bonds is 5. The Morgan fingerprint density at radius 2 is 1.51 bits per heavy atom. The highest BCUT2D eigenvalue weighted by atomic mass is 19.1. The molecule has 0 unspecified atom stereocenters. The lowest BCUT2D eigenvalue weighted by atomic mass is 9.99. The molecular formula is C26H23F2N3O4. The number of hydrogen-bond acceptors (Lipinski definition) is 3. The first-order valence-corrected chi connectivity index (χ1v) is 11.1. The lowest BCUT2D eigenvalue weighted by Gasteiger charge is -2.33. The first-order valence-electron chi connectivity index (χ1n) is 11.1. The fourth-order valence-corrected chi connectivity index (χ4v) is 4.02. The molecule has 180 valence electrons. The second-order valence-electron chi connectivity index (χ2n) is 8.21. The molecule has 0 radical (unpaired) electrons. The average molecular weight is 479 g/mol. The molecule has 3 N–H and O–H groups in total. The van der Waals surface area contributed by atoms with Gasteiger partial charge in [-0.3, -0.25) is 4.79 Å². The van der Waals surface area contributed by atoms with Gasteiger partial charge in [-0.25, -0.2) is 18.4 Å². The van der Waals surface area contributed by atoms with Crippen molar-refractivity contribution >= 4 is 29.3 Å². The molecule has 0 bridgehead atoms. The number of piperidine rings is 1. The molecule has 1 fully saturated rings. The quantitative estimate of drug-likeness (QED) is 0.459. The molecule has 1 aliphatic rings. The van der Waals surface area contributed by atoms with Crippen molar-refractivity contribution < 1.29 is 28.3 Å². The zero-order valence-electron chi connectivity index (χ0n) is 18.6. The Hall–Kier alpha value is -4.27. The minimum Gasteiger partial charge on any atom is -0.480 e. The van der Waals surface area contributed by atoms with Crippen LogP contribution in [-0.4, -0.2) is 40.5 Å². The number of benzene rings is 3. The van der Waals surface area contributed by atoms with E-state index in [9.17, 15) is 28.3 Å². The highest BCUT2D eigenvalue weighted by Crippen LogP contribution is 2.25. The van der Waals surface area contributed by atoms with Gasteiger partial charge in [0.15, 0.2) is 0 Å². The summed E-state index contributed by atoms with van der Waals surface area (Å²) in [5.74, 6) is -2.90. The van der Waals surface area contributed by atoms with Crippen molar-refractivity contribution in [2.45, 2.75) is 25.3 Å². The first kappa shape index (κ1) is 23.9. The number of hydrogen-bond donors (Lipinski definition) is 3. The van der Waals surface area contributed by atoms with Gasteiger partial charge in [0.25, 0.3) is 5.91 Å². The van der Waals surface area contributed by atoms with Crippen molar-refractivity contribution in [3.63, 3.8) is 0 Å². The molecule has 3 amide bonds. The van der Waals surface area contributed by atoms with E-state index in [-0.39, 0.29) is 11.6 Å². The van der Waals surface area contributed by atoms with E-state index in [0.717, 1.165) is 36.1 Å². The van der Waals surface area contributed by atoms with Gasteiger partial charge < -0.3 is 20.6 Å². The predicted molar refractivity (Wildman–Crippen MR) is 127 cm³/mol. The van der Waals surface area contributed by atoms with Crippen LogP contribution in [0.3, 0.4) is 0 Å². The summed E-state index contributed by atoms with van der Waals surface area (Å²) in [7, 11) is 0. The number of carboxylic acids is 1. The van der Waals surface area contributed by atoms with Crippen LogP contribution in [0.1, 0.15) is 29.6 Å². The van der Waals surface area contributed by atoms with Gasteiger partial charge in [0.2, 0.25) is 0 Å². The third-order valence-corrected chi connectivity index (χ3v) is 5.84. The number of halogens is 2. The number of nitrogens with zero attached hydrogens (tertiary/aromatic N) is 1. The van der Waals surface area contributed by atoms with Crippen molar-refractivity contribution in [1.82, 2.24) is 4.90 Å². The van der Waals surface area contributed by atoms with Crippen LogP contribution in [-0.2, 0) is 4.79 Å². The fourth-order valence-electron chi connectivity index (χ4n) is 4.02. The Balaban J connectivity index is 1.39. The van der Waals surface area contributed by atoms with Gasteiger partial charge in [-0.05, 0) is 66.8 Å². The maximum Gasteiger partial charge on any atom is 0.326 e. The van der Waals surface area contributed by atoms with Crippen LogP contribution in [0, 0.1) is 11.6 Å². The number of carbonyl (C=O) groups is 3. The Morgan fingerprint density at radius 1 is 0.857 bits per heavy atom. The molecule has 9 heteroatoms. The van der Waals surface area contributed by atoms with E-state index in [4.69, 9.17) is 0 Å². The van der Waals surface area contributed by atoms with Gasteiger partial charge in [-0.1, -0.05) is 24.3 Å². The smallest absolute Gasteiger partial charge is 0.326 e. The Labute approximate surface area is 200 Å². The summed E-state index contributed by atoms with van der Waals surface area (Å²) in [6.45, 7) is 0.424. The summed E-state index contributed by atoms with van der Waals surface area (Å²) in [6.07, 6.45) is 2.02. The van der Waals surface area contributed by atoms with E-state index in [1.54, 1.807) is 48.5 Å². The highest BCUT2D eigenvalue weighted by Gasteiger charge is 2.32. The molecule has 1 heterocycles. The molecular weight excluding hydrogens is 456 g/mol. The largest absolute Gasteiger partial charge is 0.480 e. The summed E-state index contributed by atoms with van der Waals surface area (Å²) in [4.78, 5) is 37.9. The van der Waals surface area contributed by atoms with E-state index >= 15 is 0 Å². The minimum atomic E-state index is -0.986. The van der Waals surface area contributed by atoms with E-state index < -0.39 is 29.7 Å². The van der Waals surface area contributed by atoms with Crippen molar-refractivity contribution in [1.29, 1.82) is 0 Å². The number of likely N-dealkylation sites (tertiary alicyclic amines) is 1. The third-order valence-electron chi connectivity index (χ3n) is 5.84. The Bertz CT molecular complexity index is 1250. The standard InChI is InChI=1S/C26H23F2N3O4/c27-19-10-13-22(21(28)15-19)30-26(35)29-20-11-8-17(9-12-20)16-4-6-18(7-5-16)24(32)31-14-2-1-3-23(31)25(33)34/h4-13,15,23H,1-3,14H2,(H,33,34)(H2,29,30,35)/t23-/m0/s1. The second-order valence-corrected chi connectivity index (χ2v) is 8.21. The van der Waals surface area contributed by atoms with Crippen LogP contribution >= 0.6 is 0 Å². The summed E-state index contributed by atoms with van der Waals surface area (Å²) >= 11 is 0. The molecule has 1 saturated heterocycles. The van der Waals surface area contributed by atoms with Gasteiger partial charge in [-0.2, -0.15) is 0 Å². The third kappa shape index (κ3) is 5.63. The molecule has 1 aliphatic heterocycles. The van der Waals surface area contributed by atoms with Gasteiger partial charge in [-0.15, -0.1) is 0 Å². The van der Waals surface area contributed by atoms with Crippen LogP contribution in [0.4, 0.5) is 25.0 Å². The number of amides is 3. The first-order chi connectivity index (χ1) is 16.8. The summed E-state index contributed by atoms with van der Waals surface area (Å²) in [6, 6.07) is 15.2. The monoisotopic (exact) mass is 479 g/mol.